The highest BCUT2D eigenvalue weighted by atomic mass is 19.4. The number of hydrogen-bond acceptors (Lipinski definition) is 5. The Balaban J connectivity index is 1.67. The van der Waals surface area contributed by atoms with Gasteiger partial charge in [-0.15, -0.1) is 0 Å². The van der Waals surface area contributed by atoms with Gasteiger partial charge in [-0.25, -0.2) is 4.98 Å². The minimum atomic E-state index is -4.46. The number of rotatable bonds is 2. The summed E-state index contributed by atoms with van der Waals surface area (Å²) in [7, 11) is 2.02. The third-order valence-corrected chi connectivity index (χ3v) is 5.30. The molecule has 2 N–H and O–H groups in total. The zero-order valence-corrected chi connectivity index (χ0v) is 14.6. The van der Waals surface area contributed by atoms with Crippen LogP contribution in [-0.2, 0) is 6.18 Å². The quantitative estimate of drug-likeness (QED) is 0.842. The molecule has 0 spiro atoms. The molecule has 2 aliphatic rings. The van der Waals surface area contributed by atoms with Crippen LogP contribution < -0.4 is 15.5 Å². The Kier molecular flexibility index (Phi) is 4.19. The Bertz CT molecular complexity index is 901. The molecule has 0 radical (unpaired) electrons. The molecule has 8 heteroatoms. The third-order valence-electron chi connectivity index (χ3n) is 5.30. The zero-order valence-electron chi connectivity index (χ0n) is 14.6. The molecule has 1 aromatic heterocycles. The molecule has 1 saturated heterocycles. The summed E-state index contributed by atoms with van der Waals surface area (Å²) in [5, 5.41) is 16.1. The largest absolute Gasteiger partial charge is 0.433 e. The summed E-state index contributed by atoms with van der Waals surface area (Å²) in [5.74, 6) is 0.290. The molecular weight excluding hydrogens is 355 g/mol. The SMILES string of the molecule is CN1c2c(C#N)cc(Nc3ccc(C(F)(F)F)nc3)cc2C2CNCCC21. The molecule has 0 amide bonds. The predicted octanol–water partition coefficient (Wildman–Crippen LogP) is 3.61. The number of halogens is 3. The van der Waals surface area contributed by atoms with Crippen LogP contribution in [0.3, 0.4) is 0 Å². The summed E-state index contributed by atoms with van der Waals surface area (Å²) in [6.07, 6.45) is -2.31. The maximum absolute atomic E-state index is 12.7. The minimum absolute atomic E-state index is 0.290. The molecule has 140 valence electrons. The molecule has 2 aliphatic heterocycles. The van der Waals surface area contributed by atoms with E-state index >= 15 is 0 Å². The van der Waals surface area contributed by atoms with Crippen LogP contribution in [0.15, 0.2) is 30.5 Å². The number of nitrogens with zero attached hydrogens (tertiary/aromatic N) is 3. The number of hydrogen-bond donors (Lipinski definition) is 2. The summed E-state index contributed by atoms with van der Waals surface area (Å²) >= 11 is 0. The number of benzene rings is 1. The fourth-order valence-electron chi connectivity index (χ4n) is 4.08. The van der Waals surface area contributed by atoms with E-state index in [0.717, 1.165) is 43.0 Å². The van der Waals surface area contributed by atoms with Gasteiger partial charge in [0.15, 0.2) is 0 Å². The van der Waals surface area contributed by atoms with Crippen LogP contribution in [0.1, 0.15) is 29.2 Å². The molecule has 0 aliphatic carbocycles. The lowest BCUT2D eigenvalue weighted by Gasteiger charge is -2.31. The highest BCUT2D eigenvalue weighted by molar-refractivity contribution is 5.76. The van der Waals surface area contributed by atoms with Crippen molar-refractivity contribution in [2.24, 2.45) is 0 Å². The predicted molar refractivity (Wildman–Crippen MR) is 96.1 cm³/mol. The number of fused-ring (bicyclic) bond motifs is 3. The van der Waals surface area contributed by atoms with Gasteiger partial charge in [-0.05, 0) is 42.8 Å². The molecule has 2 atom stereocenters. The lowest BCUT2D eigenvalue weighted by Crippen LogP contribution is -2.42. The van der Waals surface area contributed by atoms with Crippen LogP contribution >= 0.6 is 0 Å². The van der Waals surface area contributed by atoms with Crippen molar-refractivity contribution < 1.29 is 13.2 Å². The lowest BCUT2D eigenvalue weighted by atomic mass is 9.89. The van der Waals surface area contributed by atoms with E-state index in [9.17, 15) is 18.4 Å². The topological polar surface area (TPSA) is 64.0 Å². The summed E-state index contributed by atoms with van der Waals surface area (Å²) < 4.78 is 38.0. The molecule has 2 aromatic rings. The first-order valence-corrected chi connectivity index (χ1v) is 8.70. The summed E-state index contributed by atoms with van der Waals surface area (Å²) in [5.41, 5.74) is 2.79. The zero-order chi connectivity index (χ0) is 19.2. The van der Waals surface area contributed by atoms with Gasteiger partial charge >= 0.3 is 6.18 Å². The van der Waals surface area contributed by atoms with Crippen LogP contribution in [-0.4, -0.2) is 31.2 Å². The maximum Gasteiger partial charge on any atom is 0.433 e. The Hall–Kier alpha value is -2.79. The van der Waals surface area contributed by atoms with E-state index in [1.807, 2.05) is 13.1 Å². The van der Waals surface area contributed by atoms with Gasteiger partial charge in [-0.3, -0.25) is 0 Å². The fourth-order valence-corrected chi connectivity index (χ4v) is 4.08. The van der Waals surface area contributed by atoms with Crippen LogP contribution in [0.5, 0.6) is 0 Å². The Labute approximate surface area is 154 Å². The number of likely N-dealkylation sites (N-methyl/N-ethyl adjacent to an activating group) is 1. The molecule has 5 nitrogen and oxygen atoms in total. The van der Waals surface area contributed by atoms with Gasteiger partial charge in [-0.2, -0.15) is 18.4 Å². The van der Waals surface area contributed by atoms with E-state index in [0.29, 0.717) is 28.9 Å². The molecule has 4 rings (SSSR count). The van der Waals surface area contributed by atoms with E-state index in [1.54, 1.807) is 6.07 Å². The van der Waals surface area contributed by atoms with Gasteiger partial charge in [0.25, 0.3) is 0 Å². The normalized spacial score (nSPS) is 21.4. The lowest BCUT2D eigenvalue weighted by molar-refractivity contribution is -0.141. The van der Waals surface area contributed by atoms with E-state index in [1.165, 1.54) is 6.07 Å². The van der Waals surface area contributed by atoms with Crippen molar-refractivity contribution in [2.75, 3.05) is 30.4 Å². The van der Waals surface area contributed by atoms with Crippen molar-refractivity contribution in [3.05, 3.63) is 47.3 Å². The Morgan fingerprint density at radius 1 is 1.30 bits per heavy atom. The summed E-state index contributed by atoms with van der Waals surface area (Å²) in [6.45, 7) is 1.79. The average Bonchev–Trinajstić information content (AvgIpc) is 2.94. The van der Waals surface area contributed by atoms with E-state index < -0.39 is 11.9 Å². The van der Waals surface area contributed by atoms with E-state index in [-0.39, 0.29) is 0 Å². The molecule has 1 fully saturated rings. The van der Waals surface area contributed by atoms with Gasteiger partial charge < -0.3 is 15.5 Å². The molecule has 3 heterocycles. The molecule has 0 bridgehead atoms. The van der Waals surface area contributed by atoms with Gasteiger partial charge in [0.1, 0.15) is 11.8 Å². The molecule has 2 unspecified atom stereocenters. The summed E-state index contributed by atoms with van der Waals surface area (Å²) in [4.78, 5) is 5.65. The van der Waals surface area contributed by atoms with Crippen LogP contribution in [0, 0.1) is 11.3 Å². The van der Waals surface area contributed by atoms with Crippen LogP contribution in [0.4, 0.5) is 30.2 Å². The fraction of sp³-hybridized carbons (Fsp3) is 0.368. The van der Waals surface area contributed by atoms with E-state index in [2.05, 4.69) is 26.6 Å². The number of piperidine rings is 1. The minimum Gasteiger partial charge on any atom is -0.370 e. The second kappa shape index (κ2) is 6.43. The van der Waals surface area contributed by atoms with Crippen molar-refractivity contribution >= 4 is 17.1 Å². The number of aromatic nitrogens is 1. The highest BCUT2D eigenvalue weighted by Crippen LogP contribution is 2.45. The van der Waals surface area contributed by atoms with Crippen molar-refractivity contribution in [3.8, 4) is 6.07 Å². The standard InChI is InChI=1S/C19H18F3N5/c1-27-16-4-5-24-10-15(16)14-7-13(6-11(8-23)18(14)27)26-12-2-3-17(25-9-12)19(20,21)22/h2-3,6-7,9,15-16,24,26H,4-5,10H2,1H3. The first-order chi connectivity index (χ1) is 12.9. The number of nitrogens with one attached hydrogen (secondary N) is 2. The number of anilines is 3. The Morgan fingerprint density at radius 3 is 2.78 bits per heavy atom. The van der Waals surface area contributed by atoms with Crippen LogP contribution in [0.25, 0.3) is 0 Å². The van der Waals surface area contributed by atoms with Crippen molar-refractivity contribution in [3.63, 3.8) is 0 Å². The van der Waals surface area contributed by atoms with Crippen molar-refractivity contribution in [2.45, 2.75) is 24.6 Å². The molecular formula is C19H18F3N5. The van der Waals surface area contributed by atoms with Gasteiger partial charge in [0.05, 0.1) is 23.1 Å². The summed E-state index contributed by atoms with van der Waals surface area (Å²) in [6, 6.07) is 8.62. The Morgan fingerprint density at radius 2 is 2.11 bits per heavy atom. The highest BCUT2D eigenvalue weighted by Gasteiger charge is 2.39. The molecule has 0 saturated carbocycles. The third kappa shape index (κ3) is 3.08. The number of alkyl halides is 3. The first-order valence-electron chi connectivity index (χ1n) is 8.70. The van der Waals surface area contributed by atoms with Gasteiger partial charge in [0, 0.05) is 31.2 Å². The van der Waals surface area contributed by atoms with Gasteiger partial charge in [-0.1, -0.05) is 0 Å². The second-order valence-corrected chi connectivity index (χ2v) is 6.91. The van der Waals surface area contributed by atoms with Crippen molar-refractivity contribution in [1.82, 2.24) is 10.3 Å². The first kappa shape index (κ1) is 17.6. The monoisotopic (exact) mass is 373 g/mol. The van der Waals surface area contributed by atoms with Crippen LogP contribution in [0.2, 0.25) is 0 Å². The molecule has 27 heavy (non-hydrogen) atoms. The maximum atomic E-state index is 12.7. The van der Waals surface area contributed by atoms with Crippen molar-refractivity contribution in [1.29, 1.82) is 5.26 Å². The number of nitriles is 1. The second-order valence-electron chi connectivity index (χ2n) is 6.91. The number of pyridine rings is 1. The van der Waals surface area contributed by atoms with Gasteiger partial charge in [0.2, 0.25) is 0 Å². The molecule has 1 aromatic carbocycles. The smallest absolute Gasteiger partial charge is 0.370 e. The van der Waals surface area contributed by atoms with E-state index in [4.69, 9.17) is 0 Å². The average molecular weight is 373 g/mol.